The maximum Gasteiger partial charge on any atom is 0.212 e. The number of ether oxygens (including phenoxy) is 1. The summed E-state index contributed by atoms with van der Waals surface area (Å²) >= 11 is 0. The van der Waals surface area contributed by atoms with Gasteiger partial charge in [0.25, 0.3) is 0 Å². The first-order chi connectivity index (χ1) is 8.65. The zero-order chi connectivity index (χ0) is 13.1. The van der Waals surface area contributed by atoms with Gasteiger partial charge in [0.15, 0.2) is 6.29 Å². The molecule has 0 bridgehead atoms. The molecule has 2 aromatic rings. The molecule has 0 saturated carbocycles. The van der Waals surface area contributed by atoms with Crippen molar-refractivity contribution < 1.29 is 9.53 Å². The topological polar surface area (TPSA) is 65.2 Å². The van der Waals surface area contributed by atoms with E-state index < -0.39 is 0 Å². The Bertz CT molecular complexity index is 577. The molecular formula is C14H14N2O2. The molecule has 18 heavy (non-hydrogen) atoms. The maximum atomic E-state index is 10.9. The third-order valence-electron chi connectivity index (χ3n) is 2.82. The average Bonchev–Trinajstić information content (AvgIpc) is 2.42. The molecule has 0 radical (unpaired) electrons. The first kappa shape index (κ1) is 12.1. The van der Waals surface area contributed by atoms with Crippen molar-refractivity contribution >= 4 is 12.0 Å². The van der Waals surface area contributed by atoms with Gasteiger partial charge in [0, 0.05) is 29.1 Å². The molecule has 0 aliphatic rings. The molecule has 0 fully saturated rings. The number of anilines is 1. The number of benzene rings is 1. The van der Waals surface area contributed by atoms with Gasteiger partial charge in [0.2, 0.25) is 5.88 Å². The quantitative estimate of drug-likeness (QED) is 0.663. The Morgan fingerprint density at radius 2 is 2.06 bits per heavy atom. The fourth-order valence-electron chi connectivity index (χ4n) is 1.76. The molecule has 0 saturated heterocycles. The van der Waals surface area contributed by atoms with Gasteiger partial charge in [-0.2, -0.15) is 0 Å². The standard InChI is InChI=1S/C14H14N2O2/c1-9-5-11(6-12(8-17)14(9)15)10-3-4-13(18-2)16-7-10/h3-8H,15H2,1-2H3. The van der Waals surface area contributed by atoms with Crippen molar-refractivity contribution in [2.45, 2.75) is 6.92 Å². The average molecular weight is 242 g/mol. The van der Waals surface area contributed by atoms with Crippen LogP contribution in [0.15, 0.2) is 30.5 Å². The summed E-state index contributed by atoms with van der Waals surface area (Å²) in [6.07, 6.45) is 2.47. The van der Waals surface area contributed by atoms with Gasteiger partial charge in [-0.1, -0.05) is 0 Å². The minimum absolute atomic E-state index is 0.501. The van der Waals surface area contributed by atoms with E-state index in [9.17, 15) is 4.79 Å². The third-order valence-corrected chi connectivity index (χ3v) is 2.82. The highest BCUT2D eigenvalue weighted by atomic mass is 16.5. The largest absolute Gasteiger partial charge is 0.481 e. The van der Waals surface area contributed by atoms with Crippen molar-refractivity contribution in [1.29, 1.82) is 0 Å². The van der Waals surface area contributed by atoms with E-state index in [1.165, 1.54) is 0 Å². The van der Waals surface area contributed by atoms with Crippen molar-refractivity contribution in [2.75, 3.05) is 12.8 Å². The van der Waals surface area contributed by atoms with Crippen LogP contribution in [0.2, 0.25) is 0 Å². The van der Waals surface area contributed by atoms with E-state index in [-0.39, 0.29) is 0 Å². The zero-order valence-electron chi connectivity index (χ0n) is 10.3. The van der Waals surface area contributed by atoms with E-state index >= 15 is 0 Å². The second-order valence-electron chi connectivity index (χ2n) is 4.00. The van der Waals surface area contributed by atoms with Crippen LogP contribution in [0.1, 0.15) is 15.9 Å². The second-order valence-corrected chi connectivity index (χ2v) is 4.00. The number of rotatable bonds is 3. The van der Waals surface area contributed by atoms with Crippen LogP contribution in [-0.2, 0) is 0 Å². The predicted octanol–water partition coefficient (Wildman–Crippen LogP) is 2.46. The Morgan fingerprint density at radius 3 is 2.61 bits per heavy atom. The van der Waals surface area contributed by atoms with E-state index in [1.54, 1.807) is 25.4 Å². The zero-order valence-corrected chi connectivity index (χ0v) is 10.3. The van der Waals surface area contributed by atoms with Crippen molar-refractivity contribution in [3.8, 4) is 17.0 Å². The first-order valence-electron chi connectivity index (χ1n) is 5.51. The van der Waals surface area contributed by atoms with E-state index in [0.717, 1.165) is 23.0 Å². The number of aldehydes is 1. The number of carbonyl (C=O) groups is 1. The molecule has 0 aliphatic carbocycles. The Morgan fingerprint density at radius 1 is 1.28 bits per heavy atom. The summed E-state index contributed by atoms with van der Waals surface area (Å²) in [5, 5.41) is 0. The van der Waals surface area contributed by atoms with Crippen molar-refractivity contribution in [2.24, 2.45) is 0 Å². The molecule has 1 aromatic heterocycles. The van der Waals surface area contributed by atoms with Gasteiger partial charge in [-0.3, -0.25) is 4.79 Å². The first-order valence-corrected chi connectivity index (χ1v) is 5.51. The number of methoxy groups -OCH3 is 1. The summed E-state index contributed by atoms with van der Waals surface area (Å²) in [6.45, 7) is 1.88. The number of nitrogen functional groups attached to an aromatic ring is 1. The van der Waals surface area contributed by atoms with Gasteiger partial charge < -0.3 is 10.5 Å². The van der Waals surface area contributed by atoms with E-state index in [4.69, 9.17) is 10.5 Å². The monoisotopic (exact) mass is 242 g/mol. The minimum atomic E-state index is 0.501. The second kappa shape index (κ2) is 4.87. The van der Waals surface area contributed by atoms with Gasteiger partial charge in [-0.25, -0.2) is 4.98 Å². The molecule has 1 heterocycles. The van der Waals surface area contributed by atoms with Crippen LogP contribution < -0.4 is 10.5 Å². The molecule has 92 valence electrons. The molecule has 4 heteroatoms. The number of nitrogens with two attached hydrogens (primary N) is 1. The number of aryl methyl sites for hydroxylation is 1. The lowest BCUT2D eigenvalue weighted by molar-refractivity contribution is 0.112. The Kier molecular flexibility index (Phi) is 3.28. The summed E-state index contributed by atoms with van der Waals surface area (Å²) in [5.41, 5.74) is 9.56. The van der Waals surface area contributed by atoms with Crippen molar-refractivity contribution in [3.63, 3.8) is 0 Å². The number of hydrogen-bond acceptors (Lipinski definition) is 4. The van der Waals surface area contributed by atoms with Crippen LogP contribution in [0.3, 0.4) is 0 Å². The molecular weight excluding hydrogens is 228 g/mol. The number of nitrogens with zero attached hydrogens (tertiary/aromatic N) is 1. The van der Waals surface area contributed by atoms with Gasteiger partial charge in [0.05, 0.1) is 7.11 Å². The summed E-state index contributed by atoms with van der Waals surface area (Å²) in [5.74, 6) is 0.557. The molecule has 0 atom stereocenters. The van der Waals surface area contributed by atoms with Gasteiger partial charge in [0.1, 0.15) is 0 Å². The molecule has 0 aliphatic heterocycles. The molecule has 0 unspecified atom stereocenters. The highest BCUT2D eigenvalue weighted by molar-refractivity contribution is 5.87. The fraction of sp³-hybridized carbons (Fsp3) is 0.143. The Labute approximate surface area is 105 Å². The molecule has 0 amide bonds. The van der Waals surface area contributed by atoms with E-state index in [1.807, 2.05) is 19.1 Å². The number of carbonyl (C=O) groups excluding carboxylic acids is 1. The lowest BCUT2D eigenvalue weighted by Crippen LogP contribution is -1.97. The third kappa shape index (κ3) is 2.18. The number of hydrogen-bond donors (Lipinski definition) is 1. The van der Waals surface area contributed by atoms with Gasteiger partial charge in [-0.15, -0.1) is 0 Å². The summed E-state index contributed by atoms with van der Waals surface area (Å²) in [6, 6.07) is 7.37. The van der Waals surface area contributed by atoms with Crippen LogP contribution >= 0.6 is 0 Å². The minimum Gasteiger partial charge on any atom is -0.481 e. The van der Waals surface area contributed by atoms with Crippen LogP contribution in [0.4, 0.5) is 5.69 Å². The van der Waals surface area contributed by atoms with Gasteiger partial charge in [-0.05, 0) is 36.2 Å². The van der Waals surface area contributed by atoms with Gasteiger partial charge >= 0.3 is 0 Å². The SMILES string of the molecule is COc1ccc(-c2cc(C)c(N)c(C=O)c2)cn1. The van der Waals surface area contributed by atoms with Crippen LogP contribution in [-0.4, -0.2) is 18.4 Å². The summed E-state index contributed by atoms with van der Waals surface area (Å²) in [4.78, 5) is 15.1. The lowest BCUT2D eigenvalue weighted by atomic mass is 10.00. The fourth-order valence-corrected chi connectivity index (χ4v) is 1.76. The van der Waals surface area contributed by atoms with Crippen molar-refractivity contribution in [1.82, 2.24) is 4.98 Å². The van der Waals surface area contributed by atoms with E-state index in [0.29, 0.717) is 17.1 Å². The predicted molar refractivity (Wildman–Crippen MR) is 70.8 cm³/mol. The lowest BCUT2D eigenvalue weighted by Gasteiger charge is -2.08. The molecule has 1 aromatic carbocycles. The molecule has 2 N–H and O–H groups in total. The number of pyridine rings is 1. The summed E-state index contributed by atoms with van der Waals surface area (Å²) < 4.78 is 5.01. The number of aromatic nitrogens is 1. The van der Waals surface area contributed by atoms with E-state index in [2.05, 4.69) is 4.98 Å². The van der Waals surface area contributed by atoms with Crippen molar-refractivity contribution in [3.05, 3.63) is 41.6 Å². The highest BCUT2D eigenvalue weighted by Crippen LogP contribution is 2.26. The maximum absolute atomic E-state index is 10.9. The van der Waals surface area contributed by atoms with Crippen LogP contribution in [0, 0.1) is 6.92 Å². The Balaban J connectivity index is 2.49. The van der Waals surface area contributed by atoms with Crippen LogP contribution in [0.25, 0.3) is 11.1 Å². The highest BCUT2D eigenvalue weighted by Gasteiger charge is 2.06. The molecule has 2 rings (SSSR count). The molecule has 4 nitrogen and oxygen atoms in total. The smallest absolute Gasteiger partial charge is 0.212 e. The van der Waals surface area contributed by atoms with Crippen LogP contribution in [0.5, 0.6) is 5.88 Å². The normalized spacial score (nSPS) is 10.1. The Hall–Kier alpha value is -2.36. The molecule has 0 spiro atoms. The summed E-state index contributed by atoms with van der Waals surface area (Å²) in [7, 11) is 1.57.